The van der Waals surface area contributed by atoms with Gasteiger partial charge in [0, 0.05) is 5.02 Å². The standard InChI is InChI=1S/C12H11ClFNO4/c13-6-1-2-7(14)8(5-6)15-11(16)9-3-4-10(19-9)12(17)18/h1-2,5,9-10H,3-4H2,(H,15,16)(H,17,18)/t9-,10+/m0/s1. The lowest BCUT2D eigenvalue weighted by Gasteiger charge is -2.12. The number of anilines is 1. The zero-order valence-corrected chi connectivity index (χ0v) is 10.5. The lowest BCUT2D eigenvalue weighted by Crippen LogP contribution is -2.30. The number of carboxylic acid groups (broad SMARTS) is 1. The van der Waals surface area contributed by atoms with E-state index in [1.165, 1.54) is 12.1 Å². The van der Waals surface area contributed by atoms with Gasteiger partial charge in [0.2, 0.25) is 0 Å². The molecule has 1 fully saturated rings. The van der Waals surface area contributed by atoms with Crippen molar-refractivity contribution in [3.05, 3.63) is 29.0 Å². The third kappa shape index (κ3) is 3.21. The van der Waals surface area contributed by atoms with Crippen molar-refractivity contribution in [2.75, 3.05) is 5.32 Å². The molecule has 1 aromatic carbocycles. The van der Waals surface area contributed by atoms with E-state index in [2.05, 4.69) is 5.32 Å². The Morgan fingerprint density at radius 1 is 1.37 bits per heavy atom. The lowest BCUT2D eigenvalue weighted by atomic mass is 10.2. The average Bonchev–Trinajstić information content (AvgIpc) is 2.83. The first-order valence-electron chi connectivity index (χ1n) is 5.61. The quantitative estimate of drug-likeness (QED) is 0.892. The summed E-state index contributed by atoms with van der Waals surface area (Å²) in [4.78, 5) is 22.5. The number of carboxylic acids is 1. The summed E-state index contributed by atoms with van der Waals surface area (Å²) in [7, 11) is 0. The summed E-state index contributed by atoms with van der Waals surface area (Å²) in [6, 6.07) is 3.77. The van der Waals surface area contributed by atoms with E-state index in [1.807, 2.05) is 0 Å². The molecule has 1 amide bonds. The van der Waals surface area contributed by atoms with Crippen LogP contribution in [-0.4, -0.2) is 29.2 Å². The highest BCUT2D eigenvalue weighted by Gasteiger charge is 2.34. The number of benzene rings is 1. The number of carbonyl (C=O) groups is 2. The van der Waals surface area contributed by atoms with E-state index in [1.54, 1.807) is 0 Å². The van der Waals surface area contributed by atoms with Gasteiger partial charge in [-0.15, -0.1) is 0 Å². The van der Waals surface area contributed by atoms with Crippen LogP contribution in [0.3, 0.4) is 0 Å². The second kappa shape index (κ2) is 5.54. The first kappa shape index (κ1) is 13.8. The van der Waals surface area contributed by atoms with E-state index in [-0.39, 0.29) is 23.6 Å². The Hall–Kier alpha value is -1.66. The minimum atomic E-state index is -1.11. The fourth-order valence-corrected chi connectivity index (χ4v) is 1.99. The number of carbonyl (C=O) groups excluding carboxylic acids is 1. The molecule has 1 aliphatic rings. The second-order valence-electron chi connectivity index (χ2n) is 4.14. The van der Waals surface area contributed by atoms with E-state index >= 15 is 0 Å². The maximum absolute atomic E-state index is 13.4. The zero-order chi connectivity index (χ0) is 14.0. The van der Waals surface area contributed by atoms with Crippen LogP contribution >= 0.6 is 11.6 Å². The molecular weight excluding hydrogens is 277 g/mol. The molecule has 0 saturated carbocycles. The molecule has 1 saturated heterocycles. The topological polar surface area (TPSA) is 75.6 Å². The van der Waals surface area contributed by atoms with E-state index in [0.717, 1.165) is 6.07 Å². The molecule has 0 bridgehead atoms. The predicted octanol–water partition coefficient (Wildman–Crippen LogP) is 2.05. The number of nitrogens with one attached hydrogen (secondary N) is 1. The van der Waals surface area contributed by atoms with Crippen molar-refractivity contribution in [1.82, 2.24) is 0 Å². The molecule has 0 aliphatic carbocycles. The highest BCUT2D eigenvalue weighted by atomic mass is 35.5. The van der Waals surface area contributed by atoms with Gasteiger partial charge in [-0.3, -0.25) is 4.79 Å². The van der Waals surface area contributed by atoms with Gasteiger partial charge >= 0.3 is 5.97 Å². The smallest absolute Gasteiger partial charge is 0.332 e. The third-order valence-electron chi connectivity index (χ3n) is 2.77. The summed E-state index contributed by atoms with van der Waals surface area (Å²) in [6.07, 6.45) is -1.34. The van der Waals surface area contributed by atoms with Gasteiger partial charge in [-0.2, -0.15) is 0 Å². The molecule has 19 heavy (non-hydrogen) atoms. The Kier molecular flexibility index (Phi) is 4.01. The third-order valence-corrected chi connectivity index (χ3v) is 3.01. The van der Waals surface area contributed by atoms with Gasteiger partial charge in [0.05, 0.1) is 5.69 Å². The van der Waals surface area contributed by atoms with E-state index in [0.29, 0.717) is 0 Å². The van der Waals surface area contributed by atoms with Crippen molar-refractivity contribution in [2.45, 2.75) is 25.0 Å². The summed E-state index contributed by atoms with van der Waals surface area (Å²) in [5, 5.41) is 11.4. The molecule has 0 radical (unpaired) electrons. The Morgan fingerprint density at radius 2 is 2.05 bits per heavy atom. The minimum Gasteiger partial charge on any atom is -0.479 e. The van der Waals surface area contributed by atoms with Crippen LogP contribution < -0.4 is 5.32 Å². The van der Waals surface area contributed by atoms with Crippen LogP contribution in [0.4, 0.5) is 10.1 Å². The van der Waals surface area contributed by atoms with Gasteiger partial charge in [-0.25, -0.2) is 9.18 Å². The highest BCUT2D eigenvalue weighted by Crippen LogP contribution is 2.23. The molecule has 5 nitrogen and oxygen atoms in total. The number of halogens is 2. The maximum atomic E-state index is 13.4. The zero-order valence-electron chi connectivity index (χ0n) is 9.73. The van der Waals surface area contributed by atoms with E-state index in [4.69, 9.17) is 21.4 Å². The Bertz CT molecular complexity index is 522. The largest absolute Gasteiger partial charge is 0.479 e. The summed E-state index contributed by atoms with van der Waals surface area (Å²) >= 11 is 5.70. The van der Waals surface area contributed by atoms with Crippen molar-refractivity contribution in [2.24, 2.45) is 0 Å². The fraction of sp³-hybridized carbons (Fsp3) is 0.333. The molecular formula is C12H11ClFNO4. The van der Waals surface area contributed by atoms with Gasteiger partial charge in [0.1, 0.15) is 11.9 Å². The summed E-state index contributed by atoms with van der Waals surface area (Å²) in [5.41, 5.74) is -0.0557. The number of ether oxygens (including phenoxy) is 1. The number of hydrogen-bond acceptors (Lipinski definition) is 3. The molecule has 7 heteroatoms. The summed E-state index contributed by atoms with van der Waals surface area (Å²) in [5.74, 6) is -2.31. The van der Waals surface area contributed by atoms with Crippen molar-refractivity contribution >= 4 is 29.2 Å². The van der Waals surface area contributed by atoms with Crippen molar-refractivity contribution in [3.8, 4) is 0 Å². The molecule has 2 N–H and O–H groups in total. The molecule has 2 atom stereocenters. The van der Waals surface area contributed by atoms with E-state index in [9.17, 15) is 14.0 Å². The van der Waals surface area contributed by atoms with Crippen LogP contribution in [0, 0.1) is 5.82 Å². The maximum Gasteiger partial charge on any atom is 0.332 e. The van der Waals surface area contributed by atoms with Gasteiger partial charge in [0.15, 0.2) is 6.10 Å². The first-order chi connectivity index (χ1) is 8.97. The normalized spacial score (nSPS) is 22.2. The SMILES string of the molecule is O=C(Nc1cc(Cl)ccc1F)[C@@H]1CC[C@H](C(=O)O)O1. The second-order valence-corrected chi connectivity index (χ2v) is 4.58. The van der Waals surface area contributed by atoms with Crippen LogP contribution in [-0.2, 0) is 14.3 Å². The Labute approximate surface area is 113 Å². The van der Waals surface area contributed by atoms with Crippen LogP contribution in [0.5, 0.6) is 0 Å². The summed E-state index contributed by atoms with van der Waals surface area (Å²) in [6.45, 7) is 0. The number of hydrogen-bond donors (Lipinski definition) is 2. The molecule has 102 valence electrons. The van der Waals surface area contributed by atoms with Gasteiger partial charge in [0.25, 0.3) is 5.91 Å². The molecule has 0 unspecified atom stereocenters. The lowest BCUT2D eigenvalue weighted by molar-refractivity contribution is -0.150. The van der Waals surface area contributed by atoms with Crippen LogP contribution in [0.15, 0.2) is 18.2 Å². The van der Waals surface area contributed by atoms with Gasteiger partial charge < -0.3 is 15.2 Å². The molecule has 0 aromatic heterocycles. The highest BCUT2D eigenvalue weighted by molar-refractivity contribution is 6.30. The molecule has 1 heterocycles. The molecule has 0 spiro atoms. The Balaban J connectivity index is 2.02. The number of amides is 1. The van der Waals surface area contributed by atoms with Crippen molar-refractivity contribution in [1.29, 1.82) is 0 Å². The predicted molar refractivity (Wildman–Crippen MR) is 65.6 cm³/mol. The fourth-order valence-electron chi connectivity index (χ4n) is 1.82. The van der Waals surface area contributed by atoms with Crippen LogP contribution in [0.25, 0.3) is 0 Å². The average molecular weight is 288 g/mol. The van der Waals surface area contributed by atoms with Crippen LogP contribution in [0.1, 0.15) is 12.8 Å². The van der Waals surface area contributed by atoms with Crippen molar-refractivity contribution in [3.63, 3.8) is 0 Å². The minimum absolute atomic E-state index is 0.0557. The number of aliphatic carboxylic acids is 1. The van der Waals surface area contributed by atoms with E-state index < -0.39 is 29.9 Å². The molecule has 1 aliphatic heterocycles. The number of rotatable bonds is 3. The van der Waals surface area contributed by atoms with Crippen molar-refractivity contribution < 1.29 is 23.8 Å². The first-order valence-corrected chi connectivity index (χ1v) is 5.99. The van der Waals surface area contributed by atoms with Crippen LogP contribution in [0.2, 0.25) is 5.02 Å². The Morgan fingerprint density at radius 3 is 2.68 bits per heavy atom. The van der Waals surface area contributed by atoms with Gasteiger partial charge in [-0.05, 0) is 31.0 Å². The van der Waals surface area contributed by atoms with Gasteiger partial charge in [-0.1, -0.05) is 11.6 Å². The molecule has 1 aromatic rings. The summed E-state index contributed by atoms with van der Waals surface area (Å²) < 4.78 is 18.5. The molecule has 2 rings (SSSR count). The monoisotopic (exact) mass is 287 g/mol.